The number of halogens is 3. The number of carbonyl (C=O) groups is 2. The van der Waals surface area contributed by atoms with E-state index in [-0.39, 0.29) is 16.5 Å². The molecule has 5 nitrogen and oxygen atoms in total. The number of ether oxygens (including phenoxy) is 1. The standard InChI is InChI=1S/C13H8BrClFNO4/c14-11-4-3-10(21-11)13(19)20-6-12(18)17-9-5-7(15)1-2-8(9)16/h1-5H,6H2,(H,17,18). The van der Waals surface area contributed by atoms with Crippen molar-refractivity contribution in [2.24, 2.45) is 0 Å². The Morgan fingerprint density at radius 3 is 2.76 bits per heavy atom. The highest BCUT2D eigenvalue weighted by molar-refractivity contribution is 9.10. The highest BCUT2D eigenvalue weighted by Gasteiger charge is 2.15. The molecule has 0 aliphatic heterocycles. The van der Waals surface area contributed by atoms with Crippen molar-refractivity contribution in [2.75, 3.05) is 11.9 Å². The number of hydrogen-bond donors (Lipinski definition) is 1. The first kappa shape index (κ1) is 15.5. The van der Waals surface area contributed by atoms with Gasteiger partial charge in [0.1, 0.15) is 5.82 Å². The van der Waals surface area contributed by atoms with Crippen LogP contribution in [0.1, 0.15) is 10.6 Å². The number of hydrogen-bond acceptors (Lipinski definition) is 4. The number of benzene rings is 1. The van der Waals surface area contributed by atoms with Crippen LogP contribution in [-0.4, -0.2) is 18.5 Å². The van der Waals surface area contributed by atoms with Crippen LogP contribution in [0, 0.1) is 5.82 Å². The fraction of sp³-hybridized carbons (Fsp3) is 0.0769. The fourth-order valence-electron chi connectivity index (χ4n) is 1.41. The van der Waals surface area contributed by atoms with Crippen molar-refractivity contribution >= 4 is 45.1 Å². The molecule has 1 aromatic carbocycles. The predicted molar refractivity (Wildman–Crippen MR) is 76.7 cm³/mol. The van der Waals surface area contributed by atoms with Gasteiger partial charge in [-0.3, -0.25) is 4.79 Å². The molecule has 2 rings (SSSR count). The molecule has 0 radical (unpaired) electrons. The van der Waals surface area contributed by atoms with Crippen molar-refractivity contribution in [1.82, 2.24) is 0 Å². The first-order valence-corrected chi connectivity index (χ1v) is 6.80. The van der Waals surface area contributed by atoms with Gasteiger partial charge in [0.25, 0.3) is 5.91 Å². The quantitative estimate of drug-likeness (QED) is 0.827. The van der Waals surface area contributed by atoms with Crippen LogP contribution in [0.4, 0.5) is 10.1 Å². The minimum Gasteiger partial charge on any atom is -0.450 e. The lowest BCUT2D eigenvalue weighted by molar-refractivity contribution is -0.119. The molecule has 0 atom stereocenters. The molecule has 21 heavy (non-hydrogen) atoms. The van der Waals surface area contributed by atoms with Crippen LogP contribution < -0.4 is 5.32 Å². The topological polar surface area (TPSA) is 68.5 Å². The Balaban J connectivity index is 1.90. The molecule has 2 aromatic rings. The lowest BCUT2D eigenvalue weighted by atomic mass is 10.3. The zero-order chi connectivity index (χ0) is 15.4. The van der Waals surface area contributed by atoms with Crippen molar-refractivity contribution in [2.45, 2.75) is 0 Å². The van der Waals surface area contributed by atoms with Crippen molar-refractivity contribution in [1.29, 1.82) is 0 Å². The second-order valence-corrected chi connectivity index (χ2v) is 5.07. The average Bonchev–Trinajstić information content (AvgIpc) is 2.87. The first-order chi connectivity index (χ1) is 9.95. The number of carbonyl (C=O) groups excluding carboxylic acids is 2. The van der Waals surface area contributed by atoms with Gasteiger partial charge in [0.15, 0.2) is 11.3 Å². The number of nitrogens with one attached hydrogen (secondary N) is 1. The van der Waals surface area contributed by atoms with E-state index in [4.69, 9.17) is 20.8 Å². The fourth-order valence-corrected chi connectivity index (χ4v) is 1.88. The maximum absolute atomic E-state index is 13.4. The molecule has 0 saturated heterocycles. The molecule has 0 spiro atoms. The zero-order valence-electron chi connectivity index (χ0n) is 10.4. The highest BCUT2D eigenvalue weighted by Crippen LogP contribution is 2.19. The molecule has 0 aliphatic carbocycles. The van der Waals surface area contributed by atoms with Crippen LogP contribution in [0.2, 0.25) is 5.02 Å². The van der Waals surface area contributed by atoms with Crippen LogP contribution in [-0.2, 0) is 9.53 Å². The normalized spacial score (nSPS) is 10.2. The van der Waals surface area contributed by atoms with Gasteiger partial charge in [0.2, 0.25) is 5.76 Å². The Kier molecular flexibility index (Phi) is 4.98. The van der Waals surface area contributed by atoms with Gasteiger partial charge in [-0.15, -0.1) is 0 Å². The van der Waals surface area contributed by atoms with E-state index in [9.17, 15) is 14.0 Å². The van der Waals surface area contributed by atoms with Crippen molar-refractivity contribution in [3.05, 3.63) is 51.6 Å². The SMILES string of the molecule is O=C(COC(=O)c1ccc(Br)o1)Nc1cc(Cl)ccc1F. The first-order valence-electron chi connectivity index (χ1n) is 5.63. The highest BCUT2D eigenvalue weighted by atomic mass is 79.9. The smallest absolute Gasteiger partial charge is 0.374 e. The second kappa shape index (κ2) is 6.73. The number of amides is 1. The van der Waals surface area contributed by atoms with E-state index in [1.807, 2.05) is 0 Å². The predicted octanol–water partition coefficient (Wildman–Crippen LogP) is 3.63. The van der Waals surface area contributed by atoms with Gasteiger partial charge in [-0.1, -0.05) is 11.6 Å². The van der Waals surface area contributed by atoms with Gasteiger partial charge < -0.3 is 14.5 Å². The molecule has 1 aromatic heterocycles. The molecule has 0 fully saturated rings. The summed E-state index contributed by atoms with van der Waals surface area (Å²) >= 11 is 8.72. The number of esters is 1. The van der Waals surface area contributed by atoms with Crippen molar-refractivity contribution in [3.63, 3.8) is 0 Å². The molecule has 0 aliphatic rings. The Bertz CT molecular complexity index is 689. The number of furan rings is 1. The maximum atomic E-state index is 13.4. The Labute approximate surface area is 132 Å². The van der Waals surface area contributed by atoms with E-state index < -0.39 is 24.3 Å². The molecule has 0 bridgehead atoms. The molecule has 1 N–H and O–H groups in total. The van der Waals surface area contributed by atoms with Gasteiger partial charge in [0.05, 0.1) is 5.69 Å². The minimum atomic E-state index is -0.803. The molecule has 0 saturated carbocycles. The van der Waals surface area contributed by atoms with E-state index in [2.05, 4.69) is 21.2 Å². The largest absolute Gasteiger partial charge is 0.450 e. The third-order valence-corrected chi connectivity index (χ3v) is 2.97. The number of rotatable bonds is 4. The summed E-state index contributed by atoms with van der Waals surface area (Å²) in [5.74, 6) is -2.20. The molecule has 8 heteroatoms. The lowest BCUT2D eigenvalue weighted by Gasteiger charge is -2.07. The molecule has 110 valence electrons. The van der Waals surface area contributed by atoms with Crippen molar-refractivity contribution < 1.29 is 23.1 Å². The monoisotopic (exact) mass is 375 g/mol. The van der Waals surface area contributed by atoms with Crippen LogP contribution in [0.15, 0.2) is 39.4 Å². The van der Waals surface area contributed by atoms with E-state index >= 15 is 0 Å². The van der Waals surface area contributed by atoms with E-state index in [0.717, 1.165) is 6.07 Å². The zero-order valence-corrected chi connectivity index (χ0v) is 12.7. The van der Waals surface area contributed by atoms with E-state index in [1.165, 1.54) is 24.3 Å². The van der Waals surface area contributed by atoms with Gasteiger partial charge >= 0.3 is 5.97 Å². The van der Waals surface area contributed by atoms with E-state index in [0.29, 0.717) is 4.67 Å². The molecular formula is C13H8BrClFNO4. The Morgan fingerprint density at radius 1 is 1.33 bits per heavy atom. The summed E-state index contributed by atoms with van der Waals surface area (Å²) in [6.07, 6.45) is 0. The third-order valence-electron chi connectivity index (χ3n) is 2.31. The Morgan fingerprint density at radius 2 is 2.10 bits per heavy atom. The van der Waals surface area contributed by atoms with Crippen LogP contribution in [0.5, 0.6) is 0 Å². The second-order valence-electron chi connectivity index (χ2n) is 3.85. The molecular weight excluding hydrogens is 369 g/mol. The summed E-state index contributed by atoms with van der Waals surface area (Å²) in [4.78, 5) is 23.1. The lowest BCUT2D eigenvalue weighted by Crippen LogP contribution is -2.21. The summed E-state index contributed by atoms with van der Waals surface area (Å²) in [7, 11) is 0. The Hall–Kier alpha value is -1.86. The summed E-state index contributed by atoms with van der Waals surface area (Å²) < 4.78 is 23.4. The van der Waals surface area contributed by atoms with Crippen LogP contribution in [0.25, 0.3) is 0 Å². The summed E-state index contributed by atoms with van der Waals surface area (Å²) in [6, 6.07) is 6.62. The third kappa shape index (κ3) is 4.30. The maximum Gasteiger partial charge on any atom is 0.374 e. The van der Waals surface area contributed by atoms with Crippen LogP contribution in [0.3, 0.4) is 0 Å². The minimum absolute atomic E-state index is 0.0522. The molecule has 1 heterocycles. The van der Waals surface area contributed by atoms with Gasteiger partial charge in [-0.2, -0.15) is 0 Å². The van der Waals surface area contributed by atoms with Gasteiger partial charge in [-0.05, 0) is 46.3 Å². The van der Waals surface area contributed by atoms with E-state index in [1.54, 1.807) is 0 Å². The summed E-state index contributed by atoms with van der Waals surface area (Å²) in [5.41, 5.74) is -0.0932. The number of anilines is 1. The summed E-state index contributed by atoms with van der Waals surface area (Å²) in [6.45, 7) is -0.580. The van der Waals surface area contributed by atoms with Gasteiger partial charge in [-0.25, -0.2) is 9.18 Å². The molecule has 0 unspecified atom stereocenters. The van der Waals surface area contributed by atoms with Gasteiger partial charge in [0, 0.05) is 5.02 Å². The average molecular weight is 377 g/mol. The van der Waals surface area contributed by atoms with Crippen molar-refractivity contribution in [3.8, 4) is 0 Å². The van der Waals surface area contributed by atoms with Crippen LogP contribution >= 0.6 is 27.5 Å². The summed E-state index contributed by atoms with van der Waals surface area (Å²) in [5, 5.41) is 2.52. The molecule has 1 amide bonds.